The van der Waals surface area contributed by atoms with Crippen molar-refractivity contribution in [3.05, 3.63) is 35.4 Å². The highest BCUT2D eigenvalue weighted by Gasteiger charge is 2.31. The third kappa shape index (κ3) is 1.88. The number of aryl methyl sites for hydroxylation is 1. The Labute approximate surface area is 101 Å². The van der Waals surface area contributed by atoms with Crippen LogP contribution in [0, 0.1) is 0 Å². The summed E-state index contributed by atoms with van der Waals surface area (Å²) in [6.07, 6.45) is 2.38. The van der Waals surface area contributed by atoms with Crippen molar-refractivity contribution < 1.29 is 4.74 Å². The van der Waals surface area contributed by atoms with Crippen LogP contribution in [-0.2, 0) is 11.2 Å². The number of hydrogen-bond donors (Lipinski definition) is 1. The number of ether oxygens (including phenoxy) is 1. The Morgan fingerprint density at radius 3 is 2.81 bits per heavy atom. The van der Waals surface area contributed by atoms with E-state index in [0.717, 1.165) is 13.2 Å². The lowest BCUT2D eigenvalue weighted by molar-refractivity contribution is 0.0452. The van der Waals surface area contributed by atoms with Gasteiger partial charge in [0.15, 0.2) is 0 Å². The Morgan fingerprint density at radius 1 is 1.25 bits per heavy atom. The molecule has 1 aromatic carbocycles. The molecule has 86 valence electrons. The molecule has 3 heteroatoms. The third-order valence-electron chi connectivity index (χ3n) is 3.49. The van der Waals surface area contributed by atoms with Gasteiger partial charge in [-0.05, 0) is 24.0 Å². The minimum absolute atomic E-state index is 0.204. The summed E-state index contributed by atoms with van der Waals surface area (Å²) in [5.74, 6) is 0. The molecule has 0 saturated carbocycles. The number of fused-ring (bicyclic) bond motifs is 1. The van der Waals surface area contributed by atoms with Crippen LogP contribution in [0.2, 0.25) is 0 Å². The predicted octanol–water partition coefficient (Wildman–Crippen LogP) is 2.13. The SMILES string of the molecule is NC1c2ccccc2CCC1SC1COC1. The average Bonchev–Trinajstić information content (AvgIpc) is 2.26. The van der Waals surface area contributed by atoms with Crippen LogP contribution in [0.3, 0.4) is 0 Å². The quantitative estimate of drug-likeness (QED) is 0.853. The van der Waals surface area contributed by atoms with Crippen molar-refractivity contribution in [2.24, 2.45) is 5.73 Å². The number of hydrogen-bond acceptors (Lipinski definition) is 3. The molecular formula is C13H17NOS. The standard InChI is InChI=1S/C13H17NOS/c14-13-11-4-2-1-3-9(11)5-6-12(13)16-10-7-15-8-10/h1-4,10,12-13H,5-8,14H2. The van der Waals surface area contributed by atoms with E-state index in [-0.39, 0.29) is 6.04 Å². The Bertz CT molecular complexity index is 378. The molecule has 2 atom stereocenters. The first-order valence-corrected chi connectivity index (χ1v) is 6.85. The smallest absolute Gasteiger partial charge is 0.0608 e. The first-order chi connectivity index (χ1) is 7.84. The second kappa shape index (κ2) is 4.40. The molecule has 0 radical (unpaired) electrons. The summed E-state index contributed by atoms with van der Waals surface area (Å²) in [5, 5.41) is 1.25. The zero-order valence-electron chi connectivity index (χ0n) is 9.26. The molecule has 1 saturated heterocycles. The van der Waals surface area contributed by atoms with E-state index in [0.29, 0.717) is 10.5 Å². The molecule has 0 bridgehead atoms. The summed E-state index contributed by atoms with van der Waals surface area (Å²) >= 11 is 2.03. The molecule has 1 aliphatic heterocycles. The van der Waals surface area contributed by atoms with Crippen LogP contribution in [0.25, 0.3) is 0 Å². The topological polar surface area (TPSA) is 35.2 Å². The molecule has 16 heavy (non-hydrogen) atoms. The second-order valence-corrected chi connectivity index (χ2v) is 6.14. The Kier molecular flexibility index (Phi) is 2.92. The molecule has 2 N–H and O–H groups in total. The molecule has 2 unspecified atom stereocenters. The van der Waals surface area contributed by atoms with Gasteiger partial charge in [-0.3, -0.25) is 0 Å². The van der Waals surface area contributed by atoms with Gasteiger partial charge in [0.2, 0.25) is 0 Å². The minimum atomic E-state index is 0.204. The normalized spacial score (nSPS) is 29.6. The highest BCUT2D eigenvalue weighted by molar-refractivity contribution is 8.00. The van der Waals surface area contributed by atoms with Crippen LogP contribution in [0.5, 0.6) is 0 Å². The van der Waals surface area contributed by atoms with E-state index in [1.54, 1.807) is 0 Å². The summed E-state index contributed by atoms with van der Waals surface area (Å²) in [6.45, 7) is 1.82. The van der Waals surface area contributed by atoms with Gasteiger partial charge >= 0.3 is 0 Å². The fourth-order valence-corrected chi connectivity index (χ4v) is 3.87. The number of thioether (sulfide) groups is 1. The highest BCUT2D eigenvalue weighted by Crippen LogP contribution is 2.38. The van der Waals surface area contributed by atoms with Crippen LogP contribution >= 0.6 is 11.8 Å². The van der Waals surface area contributed by atoms with Crippen molar-refractivity contribution in [3.8, 4) is 0 Å². The predicted molar refractivity (Wildman–Crippen MR) is 67.7 cm³/mol. The van der Waals surface area contributed by atoms with Crippen LogP contribution in [0.1, 0.15) is 23.6 Å². The minimum Gasteiger partial charge on any atom is -0.379 e. The molecule has 1 heterocycles. The Balaban J connectivity index is 1.75. The van der Waals surface area contributed by atoms with E-state index in [1.165, 1.54) is 24.0 Å². The monoisotopic (exact) mass is 235 g/mol. The van der Waals surface area contributed by atoms with Crippen LogP contribution < -0.4 is 5.73 Å². The lowest BCUT2D eigenvalue weighted by atomic mass is 9.88. The molecule has 0 aromatic heterocycles. The summed E-state index contributed by atoms with van der Waals surface area (Å²) in [7, 11) is 0. The van der Waals surface area contributed by atoms with Gasteiger partial charge in [-0.15, -0.1) is 11.8 Å². The van der Waals surface area contributed by atoms with Crippen molar-refractivity contribution in [1.29, 1.82) is 0 Å². The van der Waals surface area contributed by atoms with Crippen molar-refractivity contribution in [2.75, 3.05) is 13.2 Å². The summed E-state index contributed by atoms with van der Waals surface area (Å²) in [5.41, 5.74) is 9.15. The van der Waals surface area contributed by atoms with E-state index >= 15 is 0 Å². The lowest BCUT2D eigenvalue weighted by Gasteiger charge is -2.35. The lowest BCUT2D eigenvalue weighted by Crippen LogP contribution is -2.37. The van der Waals surface area contributed by atoms with Gasteiger partial charge in [0.05, 0.1) is 18.5 Å². The summed E-state index contributed by atoms with van der Waals surface area (Å²) in [6, 6.07) is 8.80. The zero-order valence-corrected chi connectivity index (χ0v) is 10.1. The van der Waals surface area contributed by atoms with E-state index in [2.05, 4.69) is 24.3 Å². The number of rotatable bonds is 2. The molecule has 0 amide bonds. The van der Waals surface area contributed by atoms with Gasteiger partial charge in [-0.25, -0.2) is 0 Å². The van der Waals surface area contributed by atoms with E-state index in [1.807, 2.05) is 11.8 Å². The molecule has 1 aromatic rings. The van der Waals surface area contributed by atoms with Crippen LogP contribution in [-0.4, -0.2) is 23.7 Å². The van der Waals surface area contributed by atoms with Crippen LogP contribution in [0.4, 0.5) is 0 Å². The highest BCUT2D eigenvalue weighted by atomic mass is 32.2. The van der Waals surface area contributed by atoms with Gasteiger partial charge in [-0.2, -0.15) is 0 Å². The maximum absolute atomic E-state index is 6.36. The molecule has 2 nitrogen and oxygen atoms in total. The fourth-order valence-electron chi connectivity index (χ4n) is 2.46. The average molecular weight is 235 g/mol. The van der Waals surface area contributed by atoms with Gasteiger partial charge in [-0.1, -0.05) is 24.3 Å². The van der Waals surface area contributed by atoms with Gasteiger partial charge < -0.3 is 10.5 Å². The molecular weight excluding hydrogens is 218 g/mol. The van der Waals surface area contributed by atoms with Crippen molar-refractivity contribution in [1.82, 2.24) is 0 Å². The second-order valence-electron chi connectivity index (χ2n) is 4.60. The van der Waals surface area contributed by atoms with Gasteiger partial charge in [0.25, 0.3) is 0 Å². The maximum atomic E-state index is 6.36. The molecule has 2 aliphatic rings. The zero-order chi connectivity index (χ0) is 11.0. The van der Waals surface area contributed by atoms with E-state index < -0.39 is 0 Å². The van der Waals surface area contributed by atoms with Crippen molar-refractivity contribution in [2.45, 2.75) is 29.4 Å². The first kappa shape index (κ1) is 10.6. The van der Waals surface area contributed by atoms with E-state index in [9.17, 15) is 0 Å². The number of benzene rings is 1. The molecule has 1 aliphatic carbocycles. The third-order valence-corrected chi connectivity index (χ3v) is 5.02. The molecule has 3 rings (SSSR count). The van der Waals surface area contributed by atoms with Gasteiger partial charge in [0, 0.05) is 11.3 Å². The molecule has 0 spiro atoms. The largest absolute Gasteiger partial charge is 0.379 e. The fraction of sp³-hybridized carbons (Fsp3) is 0.538. The van der Waals surface area contributed by atoms with Crippen LogP contribution in [0.15, 0.2) is 24.3 Å². The van der Waals surface area contributed by atoms with Crippen molar-refractivity contribution in [3.63, 3.8) is 0 Å². The maximum Gasteiger partial charge on any atom is 0.0608 e. The van der Waals surface area contributed by atoms with Crippen molar-refractivity contribution >= 4 is 11.8 Å². The van der Waals surface area contributed by atoms with Gasteiger partial charge in [0.1, 0.15) is 0 Å². The van der Waals surface area contributed by atoms with E-state index in [4.69, 9.17) is 10.5 Å². The first-order valence-electron chi connectivity index (χ1n) is 5.91. The summed E-state index contributed by atoms with van der Waals surface area (Å²) in [4.78, 5) is 0. The molecule has 1 fully saturated rings. The number of nitrogens with two attached hydrogens (primary N) is 1. The Hall–Kier alpha value is -0.510. The summed E-state index contributed by atoms with van der Waals surface area (Å²) < 4.78 is 5.22. The Morgan fingerprint density at radius 2 is 2.06 bits per heavy atom.